The van der Waals surface area contributed by atoms with Crippen LogP contribution in [0.4, 0.5) is 0 Å². The van der Waals surface area contributed by atoms with Crippen LogP contribution in [0.15, 0.2) is 10.9 Å². The monoisotopic (exact) mass is 193 g/mol. The molecule has 74 valence electrons. The van der Waals surface area contributed by atoms with E-state index in [1.54, 1.807) is 13.8 Å². The summed E-state index contributed by atoms with van der Waals surface area (Å²) in [4.78, 5) is 11.4. The van der Waals surface area contributed by atoms with Gasteiger partial charge >= 0.3 is 0 Å². The standard InChI is InChI=1S/C9H11N3O2/c1-5-3-8(13)12(6(2)11)9(14)7(5)4-10/h3,6,14H,11H2,1-2H3. The number of aromatic nitrogens is 1. The van der Waals surface area contributed by atoms with E-state index in [1.165, 1.54) is 6.07 Å². The second kappa shape index (κ2) is 3.52. The Balaban J connectivity index is 3.63. The van der Waals surface area contributed by atoms with Gasteiger partial charge in [-0.3, -0.25) is 9.36 Å². The van der Waals surface area contributed by atoms with Gasteiger partial charge in [0, 0.05) is 6.07 Å². The van der Waals surface area contributed by atoms with E-state index in [2.05, 4.69) is 0 Å². The van der Waals surface area contributed by atoms with Gasteiger partial charge in [0.15, 0.2) is 0 Å². The summed E-state index contributed by atoms with van der Waals surface area (Å²) in [6.07, 6.45) is -0.657. The van der Waals surface area contributed by atoms with Crippen molar-refractivity contribution < 1.29 is 5.11 Å². The molecule has 1 aromatic rings. The highest BCUT2D eigenvalue weighted by Crippen LogP contribution is 2.18. The van der Waals surface area contributed by atoms with Crippen LogP contribution in [0.25, 0.3) is 0 Å². The predicted octanol–water partition coefficient (Wildman–Crippen LogP) is 0.211. The van der Waals surface area contributed by atoms with E-state index in [1.807, 2.05) is 6.07 Å². The Morgan fingerprint density at radius 1 is 1.71 bits per heavy atom. The van der Waals surface area contributed by atoms with Crippen molar-refractivity contribution in [2.45, 2.75) is 20.0 Å². The lowest BCUT2D eigenvalue weighted by Gasteiger charge is -2.13. The van der Waals surface area contributed by atoms with Crippen molar-refractivity contribution in [3.05, 3.63) is 27.5 Å². The molecule has 0 bridgehead atoms. The Bertz CT molecular complexity index is 454. The van der Waals surface area contributed by atoms with Crippen molar-refractivity contribution >= 4 is 0 Å². The van der Waals surface area contributed by atoms with Gasteiger partial charge in [0.25, 0.3) is 5.56 Å². The Hall–Kier alpha value is -1.80. The minimum absolute atomic E-state index is 0.0851. The maximum atomic E-state index is 11.4. The third-order valence-corrected chi connectivity index (χ3v) is 1.94. The second-order valence-electron chi connectivity index (χ2n) is 3.09. The highest BCUT2D eigenvalue weighted by Gasteiger charge is 2.14. The Morgan fingerprint density at radius 3 is 2.71 bits per heavy atom. The van der Waals surface area contributed by atoms with Crippen LogP contribution in [0, 0.1) is 18.3 Å². The number of nitrogens with two attached hydrogens (primary N) is 1. The second-order valence-corrected chi connectivity index (χ2v) is 3.09. The van der Waals surface area contributed by atoms with Crippen LogP contribution >= 0.6 is 0 Å². The molecule has 1 aromatic heterocycles. The molecule has 0 aliphatic rings. The zero-order valence-electron chi connectivity index (χ0n) is 7.98. The van der Waals surface area contributed by atoms with E-state index >= 15 is 0 Å². The highest BCUT2D eigenvalue weighted by molar-refractivity contribution is 5.43. The fourth-order valence-electron chi connectivity index (χ4n) is 1.26. The summed E-state index contributed by atoms with van der Waals surface area (Å²) < 4.78 is 0.978. The van der Waals surface area contributed by atoms with Crippen LogP contribution in [-0.4, -0.2) is 9.67 Å². The normalized spacial score (nSPS) is 12.1. The van der Waals surface area contributed by atoms with E-state index < -0.39 is 11.7 Å². The summed E-state index contributed by atoms with van der Waals surface area (Å²) in [6, 6.07) is 3.10. The van der Waals surface area contributed by atoms with E-state index in [-0.39, 0.29) is 11.4 Å². The lowest BCUT2D eigenvalue weighted by atomic mass is 10.1. The maximum Gasteiger partial charge on any atom is 0.254 e. The first-order valence-corrected chi connectivity index (χ1v) is 4.09. The number of rotatable bonds is 1. The molecule has 0 fully saturated rings. The van der Waals surface area contributed by atoms with Crippen molar-refractivity contribution in [1.82, 2.24) is 4.57 Å². The smallest absolute Gasteiger partial charge is 0.254 e. The average molecular weight is 193 g/mol. The molecule has 0 radical (unpaired) electrons. The highest BCUT2D eigenvalue weighted by atomic mass is 16.3. The largest absolute Gasteiger partial charge is 0.493 e. The van der Waals surface area contributed by atoms with Crippen LogP contribution in [0.3, 0.4) is 0 Å². The third-order valence-electron chi connectivity index (χ3n) is 1.94. The van der Waals surface area contributed by atoms with Crippen molar-refractivity contribution in [3.63, 3.8) is 0 Å². The molecule has 0 spiro atoms. The summed E-state index contributed by atoms with van der Waals surface area (Å²) in [7, 11) is 0. The molecule has 14 heavy (non-hydrogen) atoms. The molecule has 0 amide bonds. The SMILES string of the molecule is Cc1cc(=O)n(C(C)N)c(O)c1C#N. The maximum absolute atomic E-state index is 11.4. The van der Waals surface area contributed by atoms with Crippen molar-refractivity contribution in [2.24, 2.45) is 5.73 Å². The molecule has 0 aliphatic heterocycles. The lowest BCUT2D eigenvalue weighted by molar-refractivity contribution is 0.380. The number of pyridine rings is 1. The van der Waals surface area contributed by atoms with Gasteiger partial charge in [0.05, 0.1) is 6.17 Å². The number of hydrogen-bond acceptors (Lipinski definition) is 4. The fraction of sp³-hybridized carbons (Fsp3) is 0.333. The van der Waals surface area contributed by atoms with Crippen LogP contribution in [0.2, 0.25) is 0 Å². The summed E-state index contributed by atoms with van der Waals surface area (Å²) in [5.74, 6) is -0.368. The minimum atomic E-state index is -0.657. The van der Waals surface area contributed by atoms with Gasteiger partial charge in [-0.15, -0.1) is 0 Å². The topological polar surface area (TPSA) is 92.0 Å². The lowest BCUT2D eigenvalue weighted by Crippen LogP contribution is -2.28. The van der Waals surface area contributed by atoms with Gasteiger partial charge in [0.2, 0.25) is 5.88 Å². The summed E-state index contributed by atoms with van der Waals surface area (Å²) >= 11 is 0. The first-order valence-electron chi connectivity index (χ1n) is 4.09. The number of aryl methyl sites for hydroxylation is 1. The van der Waals surface area contributed by atoms with Gasteiger partial charge in [-0.05, 0) is 19.4 Å². The van der Waals surface area contributed by atoms with E-state index in [0.29, 0.717) is 5.56 Å². The van der Waals surface area contributed by atoms with Gasteiger partial charge < -0.3 is 10.8 Å². The molecule has 0 saturated heterocycles. The molecule has 5 nitrogen and oxygen atoms in total. The number of aromatic hydroxyl groups is 1. The van der Waals surface area contributed by atoms with E-state index in [9.17, 15) is 9.90 Å². The molecular formula is C9H11N3O2. The van der Waals surface area contributed by atoms with Gasteiger partial charge in [0.1, 0.15) is 11.6 Å². The third kappa shape index (κ3) is 1.47. The molecule has 1 unspecified atom stereocenters. The number of hydrogen-bond donors (Lipinski definition) is 2. The fourth-order valence-corrected chi connectivity index (χ4v) is 1.26. The molecule has 3 N–H and O–H groups in total. The first kappa shape index (κ1) is 10.3. The average Bonchev–Trinajstić information content (AvgIpc) is 2.02. The van der Waals surface area contributed by atoms with Crippen LogP contribution in [0.5, 0.6) is 5.88 Å². The quantitative estimate of drug-likeness (QED) is 0.666. The van der Waals surface area contributed by atoms with E-state index in [4.69, 9.17) is 11.0 Å². The predicted molar refractivity (Wildman–Crippen MR) is 50.7 cm³/mol. The molecular weight excluding hydrogens is 182 g/mol. The zero-order valence-corrected chi connectivity index (χ0v) is 7.98. The van der Waals surface area contributed by atoms with Crippen molar-refractivity contribution in [3.8, 4) is 11.9 Å². The molecule has 0 saturated carbocycles. The molecule has 1 rings (SSSR count). The molecule has 0 aliphatic carbocycles. The molecule has 1 atom stereocenters. The Kier molecular flexibility index (Phi) is 2.58. The zero-order chi connectivity index (χ0) is 10.9. The summed E-state index contributed by atoms with van der Waals surface area (Å²) in [5, 5.41) is 18.3. The van der Waals surface area contributed by atoms with Gasteiger partial charge in [-0.1, -0.05) is 0 Å². The van der Waals surface area contributed by atoms with Crippen molar-refractivity contribution in [1.29, 1.82) is 5.26 Å². The summed E-state index contributed by atoms with van der Waals surface area (Å²) in [5.41, 5.74) is 5.61. The molecule has 5 heteroatoms. The number of nitrogens with zero attached hydrogens (tertiary/aromatic N) is 2. The van der Waals surface area contributed by atoms with E-state index in [0.717, 1.165) is 4.57 Å². The van der Waals surface area contributed by atoms with Gasteiger partial charge in [-0.25, -0.2) is 0 Å². The molecule has 0 aromatic carbocycles. The summed E-state index contributed by atoms with van der Waals surface area (Å²) in [6.45, 7) is 3.14. The minimum Gasteiger partial charge on any atom is -0.493 e. The van der Waals surface area contributed by atoms with Gasteiger partial charge in [-0.2, -0.15) is 5.26 Å². The van der Waals surface area contributed by atoms with Crippen LogP contribution in [-0.2, 0) is 0 Å². The van der Waals surface area contributed by atoms with Crippen LogP contribution < -0.4 is 11.3 Å². The Morgan fingerprint density at radius 2 is 2.29 bits per heavy atom. The van der Waals surface area contributed by atoms with Crippen molar-refractivity contribution in [2.75, 3.05) is 0 Å². The molecule has 1 heterocycles. The Labute approximate surface area is 81.0 Å². The first-order chi connectivity index (χ1) is 6.49. The van der Waals surface area contributed by atoms with Crippen LogP contribution in [0.1, 0.15) is 24.2 Å². The number of nitriles is 1.